The Morgan fingerprint density at radius 1 is 1.14 bits per heavy atom. The zero-order chi connectivity index (χ0) is 20.1. The van der Waals surface area contributed by atoms with Crippen LogP contribution in [0.15, 0.2) is 46.9 Å². The van der Waals surface area contributed by atoms with Gasteiger partial charge in [-0.3, -0.25) is 0 Å². The van der Waals surface area contributed by atoms with Crippen LogP contribution in [0.2, 0.25) is 0 Å². The summed E-state index contributed by atoms with van der Waals surface area (Å²) in [6, 6.07) is 10.4. The highest BCUT2D eigenvalue weighted by Gasteiger charge is 2.21. The van der Waals surface area contributed by atoms with Crippen LogP contribution in [-0.4, -0.2) is 29.9 Å². The van der Waals surface area contributed by atoms with Crippen LogP contribution < -0.4 is 9.47 Å². The van der Waals surface area contributed by atoms with E-state index in [0.29, 0.717) is 29.2 Å². The van der Waals surface area contributed by atoms with E-state index in [1.165, 1.54) is 37.4 Å². The Hall–Kier alpha value is -3.42. The number of halogens is 1. The molecule has 7 nitrogen and oxygen atoms in total. The maximum atomic E-state index is 13.0. The van der Waals surface area contributed by atoms with Crippen LogP contribution in [0.1, 0.15) is 36.2 Å². The van der Waals surface area contributed by atoms with Gasteiger partial charge in [0.2, 0.25) is 5.89 Å². The van der Waals surface area contributed by atoms with Crippen molar-refractivity contribution in [1.82, 2.24) is 10.2 Å². The Morgan fingerprint density at radius 3 is 2.57 bits per heavy atom. The molecule has 0 aliphatic heterocycles. The highest BCUT2D eigenvalue weighted by Crippen LogP contribution is 2.29. The molecule has 2 aromatic carbocycles. The standard InChI is InChI=1S/C20H19FN2O5/c1-4-26-16-10-7-14(11-17(16)25-3)20(24)27-12(2)18-22-23-19(28-18)13-5-8-15(21)9-6-13/h5-12H,4H2,1-3H3/t12-/m0/s1. The zero-order valence-electron chi connectivity index (χ0n) is 15.6. The number of esters is 1. The summed E-state index contributed by atoms with van der Waals surface area (Å²) < 4.78 is 34.6. The predicted octanol–water partition coefficient (Wildman–Crippen LogP) is 4.20. The molecule has 146 valence electrons. The first kappa shape index (κ1) is 19.3. The molecule has 0 amide bonds. The van der Waals surface area contributed by atoms with Gasteiger partial charge < -0.3 is 18.6 Å². The Labute approximate surface area is 161 Å². The summed E-state index contributed by atoms with van der Waals surface area (Å²) in [4.78, 5) is 12.4. The minimum atomic E-state index is -0.772. The topological polar surface area (TPSA) is 83.7 Å². The fraction of sp³-hybridized carbons (Fsp3) is 0.250. The molecular formula is C20H19FN2O5. The number of carbonyl (C=O) groups is 1. The lowest BCUT2D eigenvalue weighted by atomic mass is 10.2. The van der Waals surface area contributed by atoms with E-state index in [1.807, 2.05) is 6.92 Å². The fourth-order valence-electron chi connectivity index (χ4n) is 2.46. The summed E-state index contributed by atoms with van der Waals surface area (Å²) in [5.74, 6) is 0.369. The third-order valence-corrected chi connectivity index (χ3v) is 3.86. The van der Waals surface area contributed by atoms with E-state index in [1.54, 1.807) is 19.1 Å². The molecule has 0 bridgehead atoms. The zero-order valence-corrected chi connectivity index (χ0v) is 15.6. The Balaban J connectivity index is 1.71. The quantitative estimate of drug-likeness (QED) is 0.563. The molecule has 28 heavy (non-hydrogen) atoms. The summed E-state index contributed by atoms with van der Waals surface area (Å²) in [7, 11) is 1.49. The van der Waals surface area contributed by atoms with Gasteiger partial charge in [0.1, 0.15) is 5.82 Å². The van der Waals surface area contributed by atoms with Crippen LogP contribution >= 0.6 is 0 Å². The van der Waals surface area contributed by atoms with Crippen LogP contribution in [0.25, 0.3) is 11.5 Å². The Bertz CT molecular complexity index is 955. The first-order valence-corrected chi connectivity index (χ1v) is 8.63. The molecule has 0 unspecified atom stereocenters. The molecule has 0 fully saturated rings. The highest BCUT2D eigenvalue weighted by atomic mass is 19.1. The van der Waals surface area contributed by atoms with E-state index in [0.717, 1.165) is 0 Å². The maximum absolute atomic E-state index is 13.0. The Kier molecular flexibility index (Phi) is 5.88. The van der Waals surface area contributed by atoms with Crippen molar-refractivity contribution in [1.29, 1.82) is 0 Å². The number of aromatic nitrogens is 2. The summed E-state index contributed by atoms with van der Waals surface area (Å²) in [5.41, 5.74) is 0.861. The molecule has 0 saturated heterocycles. The molecule has 1 heterocycles. The molecule has 3 aromatic rings. The van der Waals surface area contributed by atoms with Crippen molar-refractivity contribution in [3.8, 4) is 23.0 Å². The summed E-state index contributed by atoms with van der Waals surface area (Å²) in [6.45, 7) is 3.95. The average Bonchev–Trinajstić information content (AvgIpc) is 3.19. The van der Waals surface area contributed by atoms with Crippen LogP contribution in [0, 0.1) is 5.82 Å². The van der Waals surface area contributed by atoms with Crippen LogP contribution in [0.3, 0.4) is 0 Å². The number of methoxy groups -OCH3 is 1. The first-order valence-electron chi connectivity index (χ1n) is 8.63. The van der Waals surface area contributed by atoms with Gasteiger partial charge in [-0.1, -0.05) is 0 Å². The predicted molar refractivity (Wildman–Crippen MR) is 97.7 cm³/mol. The third kappa shape index (κ3) is 4.28. The van der Waals surface area contributed by atoms with Crippen molar-refractivity contribution in [3.05, 3.63) is 59.7 Å². The van der Waals surface area contributed by atoms with E-state index >= 15 is 0 Å². The van der Waals surface area contributed by atoms with Crippen LogP contribution in [0.5, 0.6) is 11.5 Å². The fourth-order valence-corrected chi connectivity index (χ4v) is 2.46. The number of hydrogen-bond acceptors (Lipinski definition) is 7. The molecule has 0 radical (unpaired) electrons. The summed E-state index contributed by atoms with van der Waals surface area (Å²) in [5, 5.41) is 7.81. The Morgan fingerprint density at radius 2 is 1.89 bits per heavy atom. The van der Waals surface area contributed by atoms with Crippen molar-refractivity contribution < 1.29 is 27.8 Å². The minimum Gasteiger partial charge on any atom is -0.493 e. The molecule has 8 heteroatoms. The van der Waals surface area contributed by atoms with E-state index < -0.39 is 12.1 Å². The molecule has 0 saturated carbocycles. The summed E-state index contributed by atoms with van der Waals surface area (Å²) in [6.07, 6.45) is -0.772. The van der Waals surface area contributed by atoms with Gasteiger partial charge in [0.15, 0.2) is 17.6 Å². The van der Waals surface area contributed by atoms with Gasteiger partial charge in [-0.25, -0.2) is 9.18 Å². The second-order valence-electron chi connectivity index (χ2n) is 5.80. The monoisotopic (exact) mass is 386 g/mol. The highest BCUT2D eigenvalue weighted by molar-refractivity contribution is 5.90. The number of carbonyl (C=O) groups excluding carboxylic acids is 1. The van der Waals surface area contributed by atoms with Crippen molar-refractivity contribution >= 4 is 5.97 Å². The molecule has 0 aliphatic rings. The normalized spacial score (nSPS) is 11.7. The first-order chi connectivity index (χ1) is 13.5. The molecule has 0 aliphatic carbocycles. The van der Waals surface area contributed by atoms with E-state index in [4.69, 9.17) is 18.6 Å². The minimum absolute atomic E-state index is 0.130. The number of hydrogen-bond donors (Lipinski definition) is 0. The van der Waals surface area contributed by atoms with Crippen molar-refractivity contribution in [2.45, 2.75) is 20.0 Å². The number of rotatable bonds is 7. The smallest absolute Gasteiger partial charge is 0.339 e. The third-order valence-electron chi connectivity index (χ3n) is 3.86. The van der Waals surface area contributed by atoms with E-state index in [2.05, 4.69) is 10.2 Å². The largest absolute Gasteiger partial charge is 0.493 e. The van der Waals surface area contributed by atoms with Gasteiger partial charge in [-0.2, -0.15) is 0 Å². The van der Waals surface area contributed by atoms with E-state index in [-0.39, 0.29) is 17.6 Å². The number of nitrogens with zero attached hydrogens (tertiary/aromatic N) is 2. The SMILES string of the molecule is CCOc1ccc(C(=O)O[C@@H](C)c2nnc(-c3ccc(F)cc3)o2)cc1OC. The average molecular weight is 386 g/mol. The maximum Gasteiger partial charge on any atom is 0.339 e. The molecule has 3 rings (SSSR count). The molecular weight excluding hydrogens is 367 g/mol. The molecule has 1 atom stereocenters. The van der Waals surface area contributed by atoms with Gasteiger partial charge >= 0.3 is 5.97 Å². The molecule has 1 aromatic heterocycles. The van der Waals surface area contributed by atoms with Crippen LogP contribution in [-0.2, 0) is 4.74 Å². The lowest BCUT2D eigenvalue weighted by Gasteiger charge is -2.12. The van der Waals surface area contributed by atoms with Crippen molar-refractivity contribution in [2.75, 3.05) is 13.7 Å². The number of ether oxygens (including phenoxy) is 3. The van der Waals surface area contributed by atoms with Crippen molar-refractivity contribution in [2.24, 2.45) is 0 Å². The van der Waals surface area contributed by atoms with Crippen LogP contribution in [0.4, 0.5) is 4.39 Å². The second-order valence-corrected chi connectivity index (χ2v) is 5.80. The van der Waals surface area contributed by atoms with Gasteiger partial charge in [-0.15, -0.1) is 10.2 Å². The van der Waals surface area contributed by atoms with Crippen molar-refractivity contribution in [3.63, 3.8) is 0 Å². The van der Waals surface area contributed by atoms with Gasteiger partial charge in [-0.05, 0) is 56.3 Å². The van der Waals surface area contributed by atoms with Gasteiger partial charge in [0, 0.05) is 5.56 Å². The van der Waals surface area contributed by atoms with E-state index in [9.17, 15) is 9.18 Å². The summed E-state index contributed by atoms with van der Waals surface area (Å²) >= 11 is 0. The van der Waals surface area contributed by atoms with Gasteiger partial charge in [0.05, 0.1) is 19.3 Å². The lowest BCUT2D eigenvalue weighted by Crippen LogP contribution is -2.10. The molecule has 0 N–H and O–H groups in total. The van der Waals surface area contributed by atoms with Gasteiger partial charge in [0.25, 0.3) is 5.89 Å². The second kappa shape index (κ2) is 8.51. The lowest BCUT2D eigenvalue weighted by molar-refractivity contribution is 0.0279. The molecule has 0 spiro atoms. The number of benzene rings is 2.